The van der Waals surface area contributed by atoms with Crippen LogP contribution in [-0.4, -0.2) is 14.5 Å². The van der Waals surface area contributed by atoms with Gasteiger partial charge < -0.3 is 10.3 Å². The average molecular weight is 346 g/mol. The number of fused-ring (bicyclic) bond motifs is 1. The zero-order valence-corrected chi connectivity index (χ0v) is 14.7. The minimum absolute atomic E-state index is 0.314. The van der Waals surface area contributed by atoms with Gasteiger partial charge in [0.1, 0.15) is 5.65 Å². The summed E-state index contributed by atoms with van der Waals surface area (Å²) in [5, 5.41) is 1.07. The van der Waals surface area contributed by atoms with E-state index in [0.29, 0.717) is 5.95 Å². The van der Waals surface area contributed by atoms with Gasteiger partial charge in [0, 0.05) is 22.5 Å². The van der Waals surface area contributed by atoms with Crippen molar-refractivity contribution < 1.29 is 0 Å². The van der Waals surface area contributed by atoms with E-state index in [1.165, 1.54) is 10.5 Å². The number of aromatic nitrogens is 3. The molecule has 124 valence electrons. The number of nitrogens with two attached hydrogens (primary N) is 1. The average Bonchev–Trinajstić information content (AvgIpc) is 2.94. The molecule has 0 aliphatic heterocycles. The van der Waals surface area contributed by atoms with E-state index in [0.717, 1.165) is 28.2 Å². The molecule has 0 saturated heterocycles. The van der Waals surface area contributed by atoms with Crippen LogP contribution < -0.4 is 5.73 Å². The Morgan fingerprint density at radius 1 is 0.960 bits per heavy atom. The summed E-state index contributed by atoms with van der Waals surface area (Å²) in [6.07, 6.45) is 2.15. The van der Waals surface area contributed by atoms with E-state index in [4.69, 9.17) is 5.73 Å². The third-order valence-corrected chi connectivity index (χ3v) is 5.08. The Labute approximate surface area is 150 Å². The Morgan fingerprint density at radius 3 is 2.36 bits per heavy atom. The summed E-state index contributed by atoms with van der Waals surface area (Å²) in [5.41, 5.74) is 8.93. The van der Waals surface area contributed by atoms with Gasteiger partial charge in [-0.05, 0) is 24.6 Å². The Morgan fingerprint density at radius 2 is 1.64 bits per heavy atom. The van der Waals surface area contributed by atoms with Crippen LogP contribution in [0.25, 0.3) is 11.0 Å². The summed E-state index contributed by atoms with van der Waals surface area (Å²) in [6, 6.07) is 20.7. The maximum atomic E-state index is 5.91. The predicted octanol–water partition coefficient (Wildman–Crippen LogP) is 4.52. The Bertz CT molecular complexity index is 1010. The number of nitrogen functional groups attached to an aromatic ring is 1. The van der Waals surface area contributed by atoms with Crippen LogP contribution in [0.1, 0.15) is 11.3 Å². The molecule has 2 aromatic carbocycles. The molecule has 0 radical (unpaired) electrons. The van der Waals surface area contributed by atoms with Crippen LogP contribution in [0.3, 0.4) is 0 Å². The summed E-state index contributed by atoms with van der Waals surface area (Å²) in [5.74, 6) is 0.314. The second-order valence-electron chi connectivity index (χ2n) is 5.89. The number of benzene rings is 2. The second-order valence-corrected chi connectivity index (χ2v) is 7.00. The van der Waals surface area contributed by atoms with Crippen molar-refractivity contribution in [1.82, 2.24) is 14.5 Å². The van der Waals surface area contributed by atoms with Gasteiger partial charge in [-0.25, -0.2) is 4.98 Å². The minimum atomic E-state index is 0.314. The molecule has 0 fully saturated rings. The lowest BCUT2D eigenvalue weighted by Crippen LogP contribution is -2.03. The summed E-state index contributed by atoms with van der Waals surface area (Å²) in [7, 11) is 0. The van der Waals surface area contributed by atoms with E-state index in [1.807, 2.05) is 31.2 Å². The lowest BCUT2D eigenvalue weighted by molar-refractivity contribution is 0.818. The highest BCUT2D eigenvalue weighted by Crippen LogP contribution is 2.36. The third kappa shape index (κ3) is 3.23. The molecule has 0 atom stereocenters. The van der Waals surface area contributed by atoms with E-state index in [1.54, 1.807) is 11.8 Å². The highest BCUT2D eigenvalue weighted by Gasteiger charge is 2.15. The minimum Gasteiger partial charge on any atom is -0.368 e. The van der Waals surface area contributed by atoms with Crippen molar-refractivity contribution in [3.05, 3.63) is 78.1 Å². The molecule has 5 heteroatoms. The van der Waals surface area contributed by atoms with Crippen molar-refractivity contribution in [3.8, 4) is 0 Å². The third-order valence-electron chi connectivity index (χ3n) is 4.05. The van der Waals surface area contributed by atoms with Crippen LogP contribution in [0.2, 0.25) is 0 Å². The van der Waals surface area contributed by atoms with Gasteiger partial charge in [0.25, 0.3) is 0 Å². The Kier molecular flexibility index (Phi) is 4.15. The molecule has 2 aromatic heterocycles. The topological polar surface area (TPSA) is 56.7 Å². The molecule has 4 rings (SSSR count). The van der Waals surface area contributed by atoms with E-state index in [-0.39, 0.29) is 0 Å². The first-order chi connectivity index (χ1) is 12.2. The van der Waals surface area contributed by atoms with Crippen LogP contribution in [0.4, 0.5) is 5.95 Å². The van der Waals surface area contributed by atoms with Crippen molar-refractivity contribution in [2.45, 2.75) is 23.3 Å². The van der Waals surface area contributed by atoms with Crippen LogP contribution in [-0.2, 0) is 6.54 Å². The number of hydrogen-bond donors (Lipinski definition) is 1. The quantitative estimate of drug-likeness (QED) is 0.590. The fraction of sp³-hybridized carbons (Fsp3) is 0.100. The first kappa shape index (κ1) is 15.7. The van der Waals surface area contributed by atoms with Gasteiger partial charge >= 0.3 is 0 Å². The molecular formula is C20H18N4S. The van der Waals surface area contributed by atoms with Crippen molar-refractivity contribution in [3.63, 3.8) is 0 Å². The molecule has 25 heavy (non-hydrogen) atoms. The Balaban J connectivity index is 1.83. The highest BCUT2D eigenvalue weighted by atomic mass is 32.2. The standard InChI is InChI=1S/C20H18N4S/c1-14-18-17(25-16-10-6-3-7-11-16)13-24(19(18)23-20(21)22-14)12-15-8-4-2-5-9-15/h2-11,13H,12H2,1H3,(H2,21,22,23). The zero-order valence-electron chi connectivity index (χ0n) is 13.9. The van der Waals surface area contributed by atoms with Crippen molar-refractivity contribution in [1.29, 1.82) is 0 Å². The largest absolute Gasteiger partial charge is 0.368 e. The zero-order chi connectivity index (χ0) is 17.2. The fourth-order valence-electron chi connectivity index (χ4n) is 2.94. The number of anilines is 1. The normalized spacial score (nSPS) is 11.1. The molecule has 2 heterocycles. The van der Waals surface area contributed by atoms with Gasteiger partial charge in [0.05, 0.1) is 11.1 Å². The molecule has 0 bridgehead atoms. The SMILES string of the molecule is Cc1nc(N)nc2c1c(Sc1ccccc1)cn2Cc1ccccc1. The van der Waals surface area contributed by atoms with Gasteiger partial charge in [-0.3, -0.25) is 0 Å². The lowest BCUT2D eigenvalue weighted by atomic mass is 10.2. The monoisotopic (exact) mass is 346 g/mol. The number of hydrogen-bond acceptors (Lipinski definition) is 4. The molecule has 4 aromatic rings. The molecule has 0 unspecified atom stereocenters. The van der Waals surface area contributed by atoms with Gasteiger partial charge in [0.15, 0.2) is 0 Å². The van der Waals surface area contributed by atoms with Crippen LogP contribution in [0.5, 0.6) is 0 Å². The van der Waals surface area contributed by atoms with E-state index in [2.05, 4.69) is 57.1 Å². The first-order valence-electron chi connectivity index (χ1n) is 8.10. The first-order valence-corrected chi connectivity index (χ1v) is 8.92. The molecule has 0 aliphatic carbocycles. The maximum Gasteiger partial charge on any atom is 0.222 e. The van der Waals surface area contributed by atoms with Gasteiger partial charge in [0.2, 0.25) is 5.95 Å². The van der Waals surface area contributed by atoms with E-state index < -0.39 is 0 Å². The summed E-state index contributed by atoms with van der Waals surface area (Å²) < 4.78 is 2.15. The molecule has 4 nitrogen and oxygen atoms in total. The lowest BCUT2D eigenvalue weighted by Gasteiger charge is -2.05. The van der Waals surface area contributed by atoms with Gasteiger partial charge in [-0.15, -0.1) is 0 Å². The molecule has 2 N–H and O–H groups in total. The molecule has 0 amide bonds. The molecule has 0 aliphatic rings. The number of nitrogens with zero attached hydrogens (tertiary/aromatic N) is 3. The Hall–Kier alpha value is -2.79. The summed E-state index contributed by atoms with van der Waals surface area (Å²) in [4.78, 5) is 11.2. The van der Waals surface area contributed by atoms with Crippen LogP contribution in [0.15, 0.2) is 76.7 Å². The smallest absolute Gasteiger partial charge is 0.222 e. The fourth-order valence-corrected chi connectivity index (χ4v) is 4.00. The predicted molar refractivity (Wildman–Crippen MR) is 103 cm³/mol. The molecule has 0 spiro atoms. The second kappa shape index (κ2) is 6.61. The maximum absolute atomic E-state index is 5.91. The summed E-state index contributed by atoms with van der Waals surface area (Å²) >= 11 is 1.73. The van der Waals surface area contributed by atoms with Gasteiger partial charge in [-0.2, -0.15) is 4.98 Å². The molecular weight excluding hydrogens is 328 g/mol. The van der Waals surface area contributed by atoms with E-state index in [9.17, 15) is 0 Å². The molecule has 0 saturated carbocycles. The van der Waals surface area contributed by atoms with Crippen molar-refractivity contribution >= 4 is 28.7 Å². The number of aryl methyl sites for hydroxylation is 1. The van der Waals surface area contributed by atoms with Crippen molar-refractivity contribution in [2.75, 3.05) is 5.73 Å². The van der Waals surface area contributed by atoms with Crippen LogP contribution >= 0.6 is 11.8 Å². The van der Waals surface area contributed by atoms with Gasteiger partial charge in [-0.1, -0.05) is 60.3 Å². The van der Waals surface area contributed by atoms with E-state index >= 15 is 0 Å². The summed E-state index contributed by atoms with van der Waals surface area (Å²) in [6.45, 7) is 2.74. The highest BCUT2D eigenvalue weighted by molar-refractivity contribution is 7.99. The number of rotatable bonds is 4. The van der Waals surface area contributed by atoms with Crippen molar-refractivity contribution in [2.24, 2.45) is 0 Å². The van der Waals surface area contributed by atoms with Crippen LogP contribution in [0, 0.1) is 6.92 Å².